The summed E-state index contributed by atoms with van der Waals surface area (Å²) in [6, 6.07) is 3.69. The Kier molecular flexibility index (Phi) is 2.83. The molecule has 0 unspecified atom stereocenters. The molecule has 0 radical (unpaired) electrons. The smallest absolute Gasteiger partial charge is 0.312 e. The van der Waals surface area contributed by atoms with Crippen LogP contribution in [0, 0.1) is 0 Å². The average Bonchev–Trinajstić information content (AvgIpc) is 2.72. The fourth-order valence-corrected chi connectivity index (χ4v) is 2.29. The SMILES string of the molecule is O=C(O)Cc1nnc(-c2ccc(Br)s2)o1. The number of aliphatic carboxylic acids is 1. The number of hydrogen-bond acceptors (Lipinski definition) is 5. The molecule has 0 aliphatic carbocycles. The van der Waals surface area contributed by atoms with E-state index in [2.05, 4.69) is 26.1 Å². The van der Waals surface area contributed by atoms with Gasteiger partial charge in [0.1, 0.15) is 6.42 Å². The van der Waals surface area contributed by atoms with Crippen molar-refractivity contribution in [3.63, 3.8) is 0 Å². The summed E-state index contributed by atoms with van der Waals surface area (Å²) in [5, 5.41) is 15.9. The maximum absolute atomic E-state index is 10.4. The quantitative estimate of drug-likeness (QED) is 0.937. The van der Waals surface area contributed by atoms with Crippen LogP contribution >= 0.6 is 27.3 Å². The highest BCUT2D eigenvalue weighted by molar-refractivity contribution is 9.11. The molecule has 0 saturated carbocycles. The molecule has 15 heavy (non-hydrogen) atoms. The predicted molar refractivity (Wildman–Crippen MR) is 56.7 cm³/mol. The van der Waals surface area contributed by atoms with E-state index in [1.165, 1.54) is 11.3 Å². The Labute approximate surface area is 96.9 Å². The molecule has 7 heteroatoms. The largest absolute Gasteiger partial charge is 0.481 e. The van der Waals surface area contributed by atoms with E-state index in [0.717, 1.165) is 8.66 Å². The van der Waals surface area contributed by atoms with Crippen molar-refractivity contribution < 1.29 is 14.3 Å². The Hall–Kier alpha value is -1.21. The highest BCUT2D eigenvalue weighted by Gasteiger charge is 2.12. The van der Waals surface area contributed by atoms with Crippen molar-refractivity contribution in [3.8, 4) is 10.8 Å². The molecule has 0 bridgehead atoms. The topological polar surface area (TPSA) is 76.2 Å². The first-order valence-corrected chi connectivity index (χ1v) is 5.56. The van der Waals surface area contributed by atoms with Gasteiger partial charge in [0.05, 0.1) is 8.66 Å². The Morgan fingerprint density at radius 3 is 2.93 bits per heavy atom. The maximum Gasteiger partial charge on any atom is 0.312 e. The Morgan fingerprint density at radius 1 is 1.53 bits per heavy atom. The molecule has 0 spiro atoms. The molecule has 0 saturated heterocycles. The zero-order chi connectivity index (χ0) is 10.8. The summed E-state index contributed by atoms with van der Waals surface area (Å²) in [5.41, 5.74) is 0. The molecular formula is C8H5BrN2O3S. The van der Waals surface area contributed by atoms with Gasteiger partial charge in [-0.15, -0.1) is 21.5 Å². The lowest BCUT2D eigenvalue weighted by atomic mass is 10.4. The molecule has 0 aromatic carbocycles. The van der Waals surface area contributed by atoms with Gasteiger partial charge in [0.25, 0.3) is 5.89 Å². The summed E-state index contributed by atoms with van der Waals surface area (Å²) in [7, 11) is 0. The molecule has 0 fully saturated rings. The average molecular weight is 289 g/mol. The van der Waals surface area contributed by atoms with Crippen molar-refractivity contribution in [2.75, 3.05) is 0 Å². The fraction of sp³-hybridized carbons (Fsp3) is 0.125. The van der Waals surface area contributed by atoms with Crippen molar-refractivity contribution in [2.24, 2.45) is 0 Å². The number of rotatable bonds is 3. The lowest BCUT2D eigenvalue weighted by Crippen LogP contribution is -1.99. The van der Waals surface area contributed by atoms with Gasteiger partial charge in [0.15, 0.2) is 0 Å². The minimum absolute atomic E-state index is 0.113. The van der Waals surface area contributed by atoms with Crippen LogP contribution in [0.5, 0.6) is 0 Å². The van der Waals surface area contributed by atoms with Gasteiger partial charge in [-0.1, -0.05) is 0 Å². The summed E-state index contributed by atoms with van der Waals surface area (Å²) in [6.45, 7) is 0. The minimum Gasteiger partial charge on any atom is -0.481 e. The molecule has 1 N–H and O–H groups in total. The number of hydrogen-bond donors (Lipinski definition) is 1. The van der Waals surface area contributed by atoms with Gasteiger partial charge in [-0.2, -0.15) is 0 Å². The molecular weight excluding hydrogens is 284 g/mol. The van der Waals surface area contributed by atoms with Crippen LogP contribution in [-0.2, 0) is 11.2 Å². The van der Waals surface area contributed by atoms with Crippen molar-refractivity contribution in [1.29, 1.82) is 0 Å². The van der Waals surface area contributed by atoms with Gasteiger partial charge in [0.2, 0.25) is 5.89 Å². The molecule has 2 rings (SSSR count). The van der Waals surface area contributed by atoms with Crippen LogP contribution in [0.1, 0.15) is 5.89 Å². The van der Waals surface area contributed by atoms with E-state index in [0.29, 0.717) is 5.89 Å². The summed E-state index contributed by atoms with van der Waals surface area (Å²) < 4.78 is 6.13. The lowest BCUT2D eigenvalue weighted by molar-refractivity contribution is -0.136. The van der Waals surface area contributed by atoms with E-state index in [9.17, 15) is 4.79 Å². The van der Waals surface area contributed by atoms with Crippen LogP contribution in [0.3, 0.4) is 0 Å². The van der Waals surface area contributed by atoms with Crippen LogP contribution in [-0.4, -0.2) is 21.3 Å². The van der Waals surface area contributed by atoms with Gasteiger partial charge in [-0.3, -0.25) is 4.79 Å². The predicted octanol–water partition coefficient (Wildman–Crippen LogP) is 2.19. The molecule has 0 aliphatic rings. The Balaban J connectivity index is 2.23. The summed E-state index contributed by atoms with van der Waals surface area (Å²) in [4.78, 5) is 11.2. The second-order valence-electron chi connectivity index (χ2n) is 2.68. The number of nitrogens with zero attached hydrogens (tertiary/aromatic N) is 2. The van der Waals surface area contributed by atoms with Crippen LogP contribution in [0.25, 0.3) is 10.8 Å². The number of thiophene rings is 1. The first-order valence-electron chi connectivity index (χ1n) is 3.95. The number of carbonyl (C=O) groups is 1. The zero-order valence-electron chi connectivity index (χ0n) is 7.31. The van der Waals surface area contributed by atoms with Gasteiger partial charge in [-0.05, 0) is 28.1 Å². The van der Waals surface area contributed by atoms with Crippen LogP contribution in [0.2, 0.25) is 0 Å². The van der Waals surface area contributed by atoms with Crippen LogP contribution in [0.4, 0.5) is 0 Å². The van der Waals surface area contributed by atoms with Gasteiger partial charge in [0, 0.05) is 0 Å². The second-order valence-corrected chi connectivity index (χ2v) is 5.14. The van der Waals surface area contributed by atoms with Gasteiger partial charge >= 0.3 is 5.97 Å². The highest BCUT2D eigenvalue weighted by Crippen LogP contribution is 2.30. The maximum atomic E-state index is 10.4. The highest BCUT2D eigenvalue weighted by atomic mass is 79.9. The van der Waals surface area contributed by atoms with Crippen LogP contribution < -0.4 is 0 Å². The van der Waals surface area contributed by atoms with Crippen molar-refractivity contribution in [1.82, 2.24) is 10.2 Å². The third-order valence-electron chi connectivity index (χ3n) is 1.55. The molecule has 0 atom stereocenters. The van der Waals surface area contributed by atoms with E-state index >= 15 is 0 Å². The standard InChI is InChI=1S/C8H5BrN2O3S/c9-5-2-1-4(15-5)8-11-10-6(14-8)3-7(12)13/h1-2H,3H2,(H,12,13). The zero-order valence-corrected chi connectivity index (χ0v) is 9.71. The summed E-state index contributed by atoms with van der Waals surface area (Å²) in [6.07, 6.45) is -0.250. The minimum atomic E-state index is -0.988. The first kappa shape index (κ1) is 10.3. The molecule has 2 heterocycles. The fourth-order valence-electron chi connectivity index (χ4n) is 0.983. The number of carboxylic acids is 1. The van der Waals surface area contributed by atoms with E-state index in [1.807, 2.05) is 12.1 Å². The summed E-state index contributed by atoms with van der Waals surface area (Å²) in [5.74, 6) is -0.526. The van der Waals surface area contributed by atoms with Crippen molar-refractivity contribution in [3.05, 3.63) is 21.8 Å². The van der Waals surface area contributed by atoms with E-state index < -0.39 is 5.97 Å². The number of carboxylic acid groups (broad SMARTS) is 1. The Morgan fingerprint density at radius 2 is 2.33 bits per heavy atom. The molecule has 0 amide bonds. The van der Waals surface area contributed by atoms with Crippen LogP contribution in [0.15, 0.2) is 20.3 Å². The molecule has 2 aromatic rings. The van der Waals surface area contributed by atoms with E-state index in [-0.39, 0.29) is 12.3 Å². The molecule has 78 valence electrons. The normalized spacial score (nSPS) is 10.5. The monoisotopic (exact) mass is 288 g/mol. The van der Waals surface area contributed by atoms with E-state index in [1.54, 1.807) is 0 Å². The molecule has 5 nitrogen and oxygen atoms in total. The van der Waals surface area contributed by atoms with Gasteiger partial charge in [-0.25, -0.2) is 0 Å². The van der Waals surface area contributed by atoms with Crippen molar-refractivity contribution in [2.45, 2.75) is 6.42 Å². The number of aromatic nitrogens is 2. The van der Waals surface area contributed by atoms with Gasteiger partial charge < -0.3 is 9.52 Å². The first-order chi connectivity index (χ1) is 7.15. The Bertz CT molecular complexity index is 494. The third kappa shape index (κ3) is 2.42. The second kappa shape index (κ2) is 4.11. The van der Waals surface area contributed by atoms with E-state index in [4.69, 9.17) is 9.52 Å². The summed E-state index contributed by atoms with van der Waals surface area (Å²) >= 11 is 4.76. The third-order valence-corrected chi connectivity index (χ3v) is 3.16. The molecule has 0 aliphatic heterocycles. The molecule has 2 aromatic heterocycles. The lowest BCUT2D eigenvalue weighted by Gasteiger charge is -1.86. The van der Waals surface area contributed by atoms with Crippen molar-refractivity contribution >= 4 is 33.2 Å². The number of halogens is 1.